The third kappa shape index (κ3) is 5.33. The van der Waals surface area contributed by atoms with Crippen LogP contribution in [-0.2, 0) is 15.6 Å². The van der Waals surface area contributed by atoms with Crippen LogP contribution in [0.15, 0.2) is 24.3 Å². The van der Waals surface area contributed by atoms with Crippen LogP contribution in [0.3, 0.4) is 0 Å². The highest BCUT2D eigenvalue weighted by atomic mass is 32.2. The fourth-order valence-corrected chi connectivity index (χ4v) is 4.05. The van der Waals surface area contributed by atoms with E-state index in [4.69, 9.17) is 0 Å². The smallest absolute Gasteiger partial charge is 0.155 e. The Balaban J connectivity index is 2.76. The van der Waals surface area contributed by atoms with Crippen LogP contribution in [0.2, 0.25) is 0 Å². The van der Waals surface area contributed by atoms with Gasteiger partial charge in [-0.2, -0.15) is 0 Å². The number of sulfone groups is 1. The van der Waals surface area contributed by atoms with E-state index in [1.54, 1.807) is 0 Å². The Hall–Kier alpha value is -0.870. The number of aryl methyl sites for hydroxylation is 1. The van der Waals surface area contributed by atoms with Crippen molar-refractivity contribution in [2.24, 2.45) is 5.92 Å². The molecule has 1 N–H and O–H groups in total. The van der Waals surface area contributed by atoms with Gasteiger partial charge >= 0.3 is 0 Å². The third-order valence-corrected chi connectivity index (χ3v) is 5.24. The molecule has 19 heavy (non-hydrogen) atoms. The summed E-state index contributed by atoms with van der Waals surface area (Å²) in [4.78, 5) is 0. The molecule has 1 aromatic carbocycles. The molecule has 4 heteroatoms. The van der Waals surface area contributed by atoms with E-state index in [2.05, 4.69) is 19.2 Å². The summed E-state index contributed by atoms with van der Waals surface area (Å²) in [6.45, 7) is 6.15. The average Bonchev–Trinajstić information content (AvgIpc) is 2.34. The lowest BCUT2D eigenvalue weighted by molar-refractivity contribution is 0.413. The van der Waals surface area contributed by atoms with E-state index in [0.717, 1.165) is 17.5 Å². The Kier molecular flexibility index (Phi) is 6.01. The Morgan fingerprint density at radius 3 is 2.53 bits per heavy atom. The molecule has 2 unspecified atom stereocenters. The van der Waals surface area contributed by atoms with E-state index >= 15 is 0 Å². The normalized spacial score (nSPS) is 15.2. The van der Waals surface area contributed by atoms with Crippen molar-refractivity contribution in [1.29, 1.82) is 0 Å². The fraction of sp³-hybridized carbons (Fsp3) is 0.600. The Morgan fingerprint density at radius 2 is 2.00 bits per heavy atom. The zero-order valence-corrected chi connectivity index (χ0v) is 13.1. The van der Waals surface area contributed by atoms with Crippen LogP contribution in [-0.4, -0.2) is 27.3 Å². The summed E-state index contributed by atoms with van der Waals surface area (Å²) in [5, 5.41) is 3.13. The monoisotopic (exact) mass is 283 g/mol. The van der Waals surface area contributed by atoms with Gasteiger partial charge in [0.1, 0.15) is 0 Å². The molecule has 0 radical (unpaired) electrons. The molecule has 0 amide bonds. The summed E-state index contributed by atoms with van der Waals surface area (Å²) in [5.41, 5.74) is 1.97. The molecule has 0 fully saturated rings. The minimum Gasteiger partial charge on any atom is -0.316 e. The van der Waals surface area contributed by atoms with Crippen LogP contribution >= 0.6 is 0 Å². The van der Waals surface area contributed by atoms with E-state index in [1.807, 2.05) is 38.2 Å². The molecule has 0 saturated heterocycles. The average molecular weight is 283 g/mol. The van der Waals surface area contributed by atoms with Crippen molar-refractivity contribution in [1.82, 2.24) is 5.32 Å². The molecule has 0 spiro atoms. The summed E-state index contributed by atoms with van der Waals surface area (Å²) in [6, 6.07) is 7.73. The highest BCUT2D eigenvalue weighted by Crippen LogP contribution is 2.14. The first-order valence-corrected chi connectivity index (χ1v) is 8.63. The van der Waals surface area contributed by atoms with Gasteiger partial charge < -0.3 is 5.32 Å². The van der Waals surface area contributed by atoms with Crippen molar-refractivity contribution in [2.45, 2.75) is 39.0 Å². The maximum Gasteiger partial charge on any atom is 0.155 e. The summed E-state index contributed by atoms with van der Waals surface area (Å²) in [5.74, 6) is 0.688. The van der Waals surface area contributed by atoms with Crippen molar-refractivity contribution in [2.75, 3.05) is 12.8 Å². The molecule has 0 heterocycles. The maximum absolute atomic E-state index is 12.3. The number of rotatable bonds is 7. The van der Waals surface area contributed by atoms with E-state index in [1.165, 1.54) is 0 Å². The number of hydrogen-bond donors (Lipinski definition) is 1. The molecule has 3 nitrogen and oxygen atoms in total. The van der Waals surface area contributed by atoms with Gasteiger partial charge in [0, 0.05) is 6.04 Å². The highest BCUT2D eigenvalue weighted by Gasteiger charge is 2.22. The van der Waals surface area contributed by atoms with Crippen LogP contribution < -0.4 is 5.32 Å². The zero-order valence-electron chi connectivity index (χ0n) is 12.3. The highest BCUT2D eigenvalue weighted by molar-refractivity contribution is 7.90. The molecule has 108 valence electrons. The van der Waals surface area contributed by atoms with Crippen LogP contribution in [0.25, 0.3) is 0 Å². The summed E-state index contributed by atoms with van der Waals surface area (Å²) >= 11 is 0. The second-order valence-electron chi connectivity index (χ2n) is 5.32. The predicted molar refractivity (Wildman–Crippen MR) is 81.0 cm³/mol. The van der Waals surface area contributed by atoms with Gasteiger partial charge in [0.25, 0.3) is 0 Å². The molecular weight excluding hydrogens is 258 g/mol. The van der Waals surface area contributed by atoms with E-state index in [9.17, 15) is 8.42 Å². The van der Waals surface area contributed by atoms with Gasteiger partial charge in [-0.15, -0.1) is 0 Å². The third-order valence-electron chi connectivity index (χ3n) is 3.60. The molecule has 0 aliphatic rings. The number of benzene rings is 1. The van der Waals surface area contributed by atoms with Gasteiger partial charge in [-0.3, -0.25) is 0 Å². The minimum atomic E-state index is -3.08. The quantitative estimate of drug-likeness (QED) is 0.836. The van der Waals surface area contributed by atoms with Crippen molar-refractivity contribution in [3.05, 3.63) is 35.4 Å². The molecule has 2 atom stereocenters. The topological polar surface area (TPSA) is 46.2 Å². The Bertz CT molecular complexity index is 497. The van der Waals surface area contributed by atoms with Gasteiger partial charge in [0.05, 0.1) is 11.5 Å². The first-order chi connectivity index (χ1) is 8.88. The first kappa shape index (κ1) is 16.2. The summed E-state index contributed by atoms with van der Waals surface area (Å²) in [7, 11) is -1.25. The molecule has 1 rings (SSSR count). The first-order valence-electron chi connectivity index (χ1n) is 6.81. The molecule has 0 aliphatic carbocycles. The van der Waals surface area contributed by atoms with Crippen molar-refractivity contribution < 1.29 is 8.42 Å². The number of nitrogens with one attached hydrogen (secondary N) is 1. The summed E-state index contributed by atoms with van der Waals surface area (Å²) < 4.78 is 24.5. The van der Waals surface area contributed by atoms with Gasteiger partial charge in [0.2, 0.25) is 0 Å². The van der Waals surface area contributed by atoms with Crippen molar-refractivity contribution in [3.63, 3.8) is 0 Å². The van der Waals surface area contributed by atoms with Gasteiger partial charge in [-0.25, -0.2) is 8.42 Å². The van der Waals surface area contributed by atoms with Gasteiger partial charge in [-0.1, -0.05) is 50.1 Å². The lowest BCUT2D eigenvalue weighted by Crippen LogP contribution is -2.38. The van der Waals surface area contributed by atoms with E-state index in [-0.39, 0.29) is 17.5 Å². The molecule has 0 aromatic heterocycles. The molecule has 1 aromatic rings. The molecule has 0 saturated carbocycles. The molecule has 0 aliphatic heterocycles. The largest absolute Gasteiger partial charge is 0.316 e. The number of hydrogen-bond acceptors (Lipinski definition) is 3. The zero-order chi connectivity index (χ0) is 14.5. The second kappa shape index (κ2) is 7.06. The van der Waals surface area contributed by atoms with Crippen LogP contribution in [0.4, 0.5) is 0 Å². The predicted octanol–water partition coefficient (Wildman–Crippen LogP) is 2.54. The molecule has 0 bridgehead atoms. The standard InChI is InChI=1S/C15H25NO2S/c1-5-13(3)15(16-4)11-19(17,18)10-14-8-6-7-12(2)9-14/h6-9,13,15-16H,5,10-11H2,1-4H3. The second-order valence-corrected chi connectivity index (χ2v) is 7.43. The van der Waals surface area contributed by atoms with E-state index in [0.29, 0.717) is 5.92 Å². The van der Waals surface area contributed by atoms with Crippen LogP contribution in [0, 0.1) is 12.8 Å². The Labute approximate surface area is 117 Å². The summed E-state index contributed by atoms with van der Waals surface area (Å²) in [6.07, 6.45) is 0.978. The van der Waals surface area contributed by atoms with Crippen LogP contribution in [0.5, 0.6) is 0 Å². The lowest BCUT2D eigenvalue weighted by Gasteiger charge is -2.22. The van der Waals surface area contributed by atoms with Crippen molar-refractivity contribution >= 4 is 9.84 Å². The fourth-order valence-electron chi connectivity index (χ4n) is 2.20. The van der Waals surface area contributed by atoms with E-state index < -0.39 is 9.84 Å². The van der Waals surface area contributed by atoms with Crippen LogP contribution in [0.1, 0.15) is 31.4 Å². The minimum absolute atomic E-state index is 0.0276. The maximum atomic E-state index is 12.3. The lowest BCUT2D eigenvalue weighted by atomic mass is 10.0. The SMILES string of the molecule is CCC(C)C(CS(=O)(=O)Cc1cccc(C)c1)NC. The van der Waals surface area contributed by atoms with Gasteiger partial charge in [-0.05, 0) is 25.5 Å². The Morgan fingerprint density at radius 1 is 1.32 bits per heavy atom. The molecular formula is C15H25NO2S. The van der Waals surface area contributed by atoms with Gasteiger partial charge in [0.15, 0.2) is 9.84 Å². The van der Waals surface area contributed by atoms with Crippen molar-refractivity contribution in [3.8, 4) is 0 Å².